The molecule has 2 rings (SSSR count). The van der Waals surface area contributed by atoms with Gasteiger partial charge in [-0.1, -0.05) is 55.8 Å². The fourth-order valence-corrected chi connectivity index (χ4v) is 2.16. The zero-order valence-corrected chi connectivity index (χ0v) is 12.7. The first-order valence-electron chi connectivity index (χ1n) is 7.15. The Morgan fingerprint density at radius 2 is 1.71 bits per heavy atom. The first-order chi connectivity index (χ1) is 9.97. The predicted octanol–water partition coefficient (Wildman–Crippen LogP) is 2.38. The molecule has 0 unspecified atom stereocenters. The van der Waals surface area contributed by atoms with Gasteiger partial charge in [0.25, 0.3) is 0 Å². The summed E-state index contributed by atoms with van der Waals surface area (Å²) in [6, 6.07) is 13.7. The van der Waals surface area contributed by atoms with E-state index in [1.807, 2.05) is 25.1 Å². The molecular weight excluding hydrogens is 263 g/mol. The summed E-state index contributed by atoms with van der Waals surface area (Å²) in [5.41, 5.74) is 3.71. The van der Waals surface area contributed by atoms with Gasteiger partial charge in [-0.3, -0.25) is 0 Å². The molecule has 2 aromatic rings. The molecule has 2 aromatic carbocycles. The standard InChI is InChI=1S/C17H21BO3/c1-12(2)15-7-5-14(6-8-15)11-21-17-9-4-13(3)10-16(17)18(19)20/h4-10,12,19-20H,11H2,1-3H3. The number of hydrogen-bond donors (Lipinski definition) is 2. The van der Waals surface area contributed by atoms with Crippen LogP contribution in [0.3, 0.4) is 0 Å². The van der Waals surface area contributed by atoms with E-state index in [2.05, 4.69) is 26.0 Å². The van der Waals surface area contributed by atoms with E-state index in [0.717, 1.165) is 11.1 Å². The van der Waals surface area contributed by atoms with Crippen molar-refractivity contribution in [2.24, 2.45) is 0 Å². The van der Waals surface area contributed by atoms with E-state index >= 15 is 0 Å². The van der Waals surface area contributed by atoms with Gasteiger partial charge in [0.05, 0.1) is 0 Å². The van der Waals surface area contributed by atoms with Gasteiger partial charge < -0.3 is 14.8 Å². The van der Waals surface area contributed by atoms with Gasteiger partial charge in [0.1, 0.15) is 12.4 Å². The summed E-state index contributed by atoms with van der Waals surface area (Å²) in [6.07, 6.45) is 0. The Morgan fingerprint density at radius 1 is 1.05 bits per heavy atom. The smallest absolute Gasteiger partial charge is 0.489 e. The van der Waals surface area contributed by atoms with Gasteiger partial charge in [0.15, 0.2) is 0 Å². The Kier molecular flexibility index (Phi) is 5.05. The molecule has 0 saturated carbocycles. The van der Waals surface area contributed by atoms with E-state index in [0.29, 0.717) is 23.7 Å². The second-order valence-corrected chi connectivity index (χ2v) is 5.60. The maximum absolute atomic E-state index is 9.40. The lowest BCUT2D eigenvalue weighted by atomic mass is 9.79. The molecule has 0 saturated heterocycles. The summed E-state index contributed by atoms with van der Waals surface area (Å²) in [6.45, 7) is 6.63. The summed E-state index contributed by atoms with van der Waals surface area (Å²) in [5.74, 6) is 1.01. The molecule has 0 radical (unpaired) electrons. The molecule has 0 atom stereocenters. The molecule has 3 nitrogen and oxygen atoms in total. The summed E-state index contributed by atoms with van der Waals surface area (Å²) >= 11 is 0. The molecule has 0 aromatic heterocycles. The number of hydrogen-bond acceptors (Lipinski definition) is 3. The van der Waals surface area contributed by atoms with Crippen molar-refractivity contribution >= 4 is 12.6 Å². The minimum Gasteiger partial charge on any atom is -0.489 e. The topological polar surface area (TPSA) is 49.7 Å². The fourth-order valence-electron chi connectivity index (χ4n) is 2.16. The summed E-state index contributed by atoms with van der Waals surface area (Å²) < 4.78 is 5.72. The SMILES string of the molecule is Cc1ccc(OCc2ccc(C(C)C)cc2)c(B(O)O)c1. The second-order valence-electron chi connectivity index (χ2n) is 5.60. The van der Waals surface area contributed by atoms with Crippen LogP contribution in [-0.4, -0.2) is 17.2 Å². The Balaban J connectivity index is 2.09. The van der Waals surface area contributed by atoms with Crippen molar-refractivity contribution in [3.8, 4) is 5.75 Å². The van der Waals surface area contributed by atoms with Crippen LogP contribution < -0.4 is 10.2 Å². The molecule has 0 aliphatic rings. The van der Waals surface area contributed by atoms with Crippen molar-refractivity contribution in [3.63, 3.8) is 0 Å². The first-order valence-corrected chi connectivity index (χ1v) is 7.15. The zero-order valence-electron chi connectivity index (χ0n) is 12.7. The highest BCUT2D eigenvalue weighted by Gasteiger charge is 2.17. The quantitative estimate of drug-likeness (QED) is 0.829. The molecule has 0 amide bonds. The third-order valence-corrected chi connectivity index (χ3v) is 3.48. The van der Waals surface area contributed by atoms with Gasteiger partial charge >= 0.3 is 7.12 Å². The maximum atomic E-state index is 9.40. The van der Waals surface area contributed by atoms with Crippen molar-refractivity contribution in [1.29, 1.82) is 0 Å². The third kappa shape index (κ3) is 4.10. The second kappa shape index (κ2) is 6.79. The van der Waals surface area contributed by atoms with Crippen LogP contribution in [-0.2, 0) is 6.61 Å². The average molecular weight is 284 g/mol. The molecule has 0 aliphatic carbocycles. The molecule has 2 N–H and O–H groups in total. The third-order valence-electron chi connectivity index (χ3n) is 3.48. The van der Waals surface area contributed by atoms with Crippen molar-refractivity contribution in [2.45, 2.75) is 33.3 Å². The highest BCUT2D eigenvalue weighted by molar-refractivity contribution is 6.59. The number of rotatable bonds is 5. The van der Waals surface area contributed by atoms with E-state index in [1.54, 1.807) is 12.1 Å². The van der Waals surface area contributed by atoms with E-state index in [-0.39, 0.29) is 0 Å². The lowest BCUT2D eigenvalue weighted by Gasteiger charge is -2.12. The Morgan fingerprint density at radius 3 is 2.29 bits per heavy atom. The molecule has 110 valence electrons. The van der Waals surface area contributed by atoms with Gasteiger partial charge in [0.2, 0.25) is 0 Å². The van der Waals surface area contributed by atoms with Crippen LogP contribution in [0.2, 0.25) is 0 Å². The highest BCUT2D eigenvalue weighted by atomic mass is 16.5. The van der Waals surface area contributed by atoms with Gasteiger partial charge in [-0.2, -0.15) is 0 Å². The average Bonchev–Trinajstić information content (AvgIpc) is 2.46. The van der Waals surface area contributed by atoms with Crippen molar-refractivity contribution in [3.05, 3.63) is 59.2 Å². The number of benzene rings is 2. The molecule has 4 heteroatoms. The molecule has 0 heterocycles. The first kappa shape index (κ1) is 15.6. The van der Waals surface area contributed by atoms with Gasteiger partial charge in [-0.05, 0) is 30.0 Å². The summed E-state index contributed by atoms with van der Waals surface area (Å²) in [7, 11) is -1.52. The monoisotopic (exact) mass is 284 g/mol. The molecule has 21 heavy (non-hydrogen) atoms. The van der Waals surface area contributed by atoms with Gasteiger partial charge in [0, 0.05) is 5.46 Å². The van der Waals surface area contributed by atoms with Crippen LogP contribution in [0.5, 0.6) is 5.75 Å². The number of ether oxygens (including phenoxy) is 1. The largest absolute Gasteiger partial charge is 0.492 e. The Bertz CT molecular complexity index is 591. The van der Waals surface area contributed by atoms with Crippen molar-refractivity contribution in [2.75, 3.05) is 0 Å². The molecular formula is C17H21BO3. The summed E-state index contributed by atoms with van der Waals surface area (Å²) in [5, 5.41) is 18.8. The van der Waals surface area contributed by atoms with Crippen molar-refractivity contribution in [1.82, 2.24) is 0 Å². The van der Waals surface area contributed by atoms with Crippen LogP contribution in [0.1, 0.15) is 36.5 Å². The van der Waals surface area contributed by atoms with E-state index < -0.39 is 7.12 Å². The normalized spacial score (nSPS) is 10.8. The zero-order chi connectivity index (χ0) is 15.4. The van der Waals surface area contributed by atoms with E-state index in [4.69, 9.17) is 4.74 Å². The van der Waals surface area contributed by atoms with Crippen LogP contribution in [0, 0.1) is 6.92 Å². The fraction of sp³-hybridized carbons (Fsp3) is 0.294. The van der Waals surface area contributed by atoms with Crippen LogP contribution in [0.15, 0.2) is 42.5 Å². The Labute approximate surface area is 126 Å². The van der Waals surface area contributed by atoms with Crippen molar-refractivity contribution < 1.29 is 14.8 Å². The molecule has 0 bridgehead atoms. The lowest BCUT2D eigenvalue weighted by Crippen LogP contribution is -2.31. The highest BCUT2D eigenvalue weighted by Crippen LogP contribution is 2.16. The molecule has 0 spiro atoms. The maximum Gasteiger partial charge on any atom is 0.492 e. The molecule has 0 fully saturated rings. The van der Waals surface area contributed by atoms with Crippen LogP contribution >= 0.6 is 0 Å². The Hall–Kier alpha value is -1.78. The van der Waals surface area contributed by atoms with E-state index in [9.17, 15) is 10.0 Å². The lowest BCUT2D eigenvalue weighted by molar-refractivity contribution is 0.306. The van der Waals surface area contributed by atoms with Gasteiger partial charge in [-0.15, -0.1) is 0 Å². The minimum atomic E-state index is -1.52. The summed E-state index contributed by atoms with van der Waals surface area (Å²) in [4.78, 5) is 0. The van der Waals surface area contributed by atoms with E-state index in [1.165, 1.54) is 5.56 Å². The molecule has 0 aliphatic heterocycles. The van der Waals surface area contributed by atoms with Gasteiger partial charge in [-0.25, -0.2) is 0 Å². The van der Waals surface area contributed by atoms with Crippen LogP contribution in [0.4, 0.5) is 0 Å². The van der Waals surface area contributed by atoms with Crippen LogP contribution in [0.25, 0.3) is 0 Å². The minimum absolute atomic E-state index is 0.397. The predicted molar refractivity (Wildman–Crippen MR) is 85.9 cm³/mol. The number of aryl methyl sites for hydroxylation is 1.